The van der Waals surface area contributed by atoms with Crippen LogP contribution in [0, 0.1) is 0 Å². The minimum atomic E-state index is -0.762. The lowest BCUT2D eigenvalue weighted by atomic mass is 9.61. The molecule has 0 fully saturated rings. The fraction of sp³-hybridized carbons (Fsp3) is 0.0690. The number of nitrogens with zero attached hydrogens (tertiary/aromatic N) is 1. The number of rotatable bonds is 4. The summed E-state index contributed by atoms with van der Waals surface area (Å²) in [7, 11) is 0. The van der Waals surface area contributed by atoms with Crippen molar-refractivity contribution < 1.29 is 4.74 Å². The van der Waals surface area contributed by atoms with Crippen LogP contribution in [0.3, 0.4) is 0 Å². The maximum atomic E-state index is 7.12. The zero-order chi connectivity index (χ0) is 40.0. The Kier molecular flexibility index (Phi) is 7.52. The quantitative estimate of drug-likeness (QED) is 0.177. The maximum absolute atomic E-state index is 7.12. The molecule has 0 saturated heterocycles. The lowest BCUT2D eigenvalue weighted by molar-refractivity contribution is 0.435. The number of fused-ring (bicyclic) bond motifs is 14. The van der Waals surface area contributed by atoms with E-state index in [0.29, 0.717) is 0 Å². The van der Waals surface area contributed by atoms with Crippen LogP contribution >= 0.6 is 0 Å². The van der Waals surface area contributed by atoms with Crippen LogP contribution in [0.5, 0.6) is 11.5 Å². The molecule has 1 heterocycles. The minimum absolute atomic E-state index is 0.172. The van der Waals surface area contributed by atoms with Crippen molar-refractivity contribution in [2.24, 2.45) is 0 Å². The average Bonchev–Trinajstić information content (AvgIpc) is 3.47. The lowest BCUT2D eigenvalue weighted by Gasteiger charge is -2.44. The molecule has 2 aliphatic carbocycles. The third-order valence-corrected chi connectivity index (χ3v) is 13.4. The Morgan fingerprint density at radius 2 is 0.833 bits per heavy atom. The number of ether oxygens (including phenoxy) is 1. The molecule has 2 heteroatoms. The van der Waals surface area contributed by atoms with Crippen LogP contribution in [0.15, 0.2) is 212 Å². The van der Waals surface area contributed by atoms with Crippen molar-refractivity contribution in [2.45, 2.75) is 24.7 Å². The van der Waals surface area contributed by atoms with Crippen LogP contribution in [-0.4, -0.2) is 0 Å². The maximum Gasteiger partial charge on any atom is 0.134 e. The second-order valence-electron chi connectivity index (χ2n) is 16.8. The summed E-state index contributed by atoms with van der Waals surface area (Å²) in [6.07, 6.45) is 0. The Bertz CT molecular complexity index is 3090. The molecule has 0 aromatic heterocycles. The van der Waals surface area contributed by atoms with Crippen LogP contribution in [-0.2, 0) is 10.8 Å². The van der Waals surface area contributed by atoms with Crippen LogP contribution in [0.1, 0.15) is 47.2 Å². The van der Waals surface area contributed by atoms with E-state index < -0.39 is 5.41 Å². The highest BCUT2D eigenvalue weighted by Crippen LogP contribution is 2.63. The summed E-state index contributed by atoms with van der Waals surface area (Å²) < 4.78 is 7.12. The molecule has 0 unspecified atom stereocenters. The SMILES string of the molecule is CC1(C)c2ccccc2-c2ccc(N(c3ccc(-c4ccccc4)cc3)c3cccc4c3C3(c5ccccc5O4)c4ccccc4-c4ccccc4-c4ccccc43)cc21. The van der Waals surface area contributed by atoms with E-state index in [9.17, 15) is 0 Å². The summed E-state index contributed by atoms with van der Waals surface area (Å²) in [5.41, 5.74) is 19.6. The Morgan fingerprint density at radius 1 is 0.350 bits per heavy atom. The average molecular weight is 768 g/mol. The predicted molar refractivity (Wildman–Crippen MR) is 247 cm³/mol. The van der Waals surface area contributed by atoms with E-state index in [0.717, 1.165) is 39.7 Å². The van der Waals surface area contributed by atoms with Gasteiger partial charge in [-0.1, -0.05) is 184 Å². The van der Waals surface area contributed by atoms with Gasteiger partial charge >= 0.3 is 0 Å². The highest BCUT2D eigenvalue weighted by Gasteiger charge is 2.51. The van der Waals surface area contributed by atoms with Gasteiger partial charge in [0.2, 0.25) is 0 Å². The molecule has 0 amide bonds. The number of anilines is 3. The zero-order valence-corrected chi connectivity index (χ0v) is 33.6. The van der Waals surface area contributed by atoms with Gasteiger partial charge in [0.1, 0.15) is 11.5 Å². The predicted octanol–water partition coefficient (Wildman–Crippen LogP) is 15.3. The van der Waals surface area contributed by atoms with Gasteiger partial charge in [0.15, 0.2) is 0 Å². The third kappa shape index (κ3) is 4.82. The highest BCUT2D eigenvalue weighted by atomic mass is 16.5. The first-order chi connectivity index (χ1) is 29.5. The Balaban J connectivity index is 1.19. The second kappa shape index (κ2) is 13.0. The van der Waals surface area contributed by atoms with Crippen LogP contribution in [0.2, 0.25) is 0 Å². The van der Waals surface area contributed by atoms with E-state index in [2.05, 4.69) is 231 Å². The summed E-state index contributed by atoms with van der Waals surface area (Å²) in [5, 5.41) is 0. The largest absolute Gasteiger partial charge is 0.457 e. The van der Waals surface area contributed by atoms with Gasteiger partial charge in [-0.25, -0.2) is 0 Å². The number of benzene rings is 9. The van der Waals surface area contributed by atoms with Gasteiger partial charge < -0.3 is 9.64 Å². The summed E-state index contributed by atoms with van der Waals surface area (Å²) in [6, 6.07) is 78.0. The van der Waals surface area contributed by atoms with Gasteiger partial charge in [-0.2, -0.15) is 0 Å². The molecule has 0 saturated carbocycles. The van der Waals surface area contributed by atoms with Crippen molar-refractivity contribution >= 4 is 17.1 Å². The molecule has 284 valence electrons. The van der Waals surface area contributed by atoms with E-state index in [1.54, 1.807) is 0 Å². The first-order valence-electron chi connectivity index (χ1n) is 20.9. The van der Waals surface area contributed by atoms with Crippen LogP contribution < -0.4 is 9.64 Å². The molecule has 1 aliphatic heterocycles. The fourth-order valence-corrected chi connectivity index (χ4v) is 10.7. The second-order valence-corrected chi connectivity index (χ2v) is 16.8. The van der Waals surface area contributed by atoms with Gasteiger partial charge in [0.25, 0.3) is 0 Å². The first kappa shape index (κ1) is 34.6. The highest BCUT2D eigenvalue weighted by molar-refractivity contribution is 5.96. The van der Waals surface area contributed by atoms with Crippen molar-refractivity contribution in [3.8, 4) is 56.0 Å². The first-order valence-corrected chi connectivity index (χ1v) is 20.9. The van der Waals surface area contributed by atoms with E-state index in [-0.39, 0.29) is 5.41 Å². The Morgan fingerprint density at radius 3 is 1.50 bits per heavy atom. The van der Waals surface area contributed by atoms with E-state index in [1.807, 2.05) is 0 Å². The molecule has 60 heavy (non-hydrogen) atoms. The van der Waals surface area contributed by atoms with Gasteiger partial charge in [-0.3, -0.25) is 0 Å². The summed E-state index contributed by atoms with van der Waals surface area (Å²) in [5.74, 6) is 1.72. The van der Waals surface area contributed by atoms with Crippen molar-refractivity contribution in [2.75, 3.05) is 4.90 Å². The molecule has 0 N–H and O–H groups in total. The fourth-order valence-electron chi connectivity index (χ4n) is 10.7. The van der Waals surface area contributed by atoms with Crippen molar-refractivity contribution in [1.29, 1.82) is 0 Å². The summed E-state index contributed by atoms with van der Waals surface area (Å²) >= 11 is 0. The van der Waals surface area contributed by atoms with Gasteiger partial charge in [-0.05, 0) is 109 Å². The monoisotopic (exact) mass is 767 g/mol. The molecule has 0 radical (unpaired) electrons. The van der Waals surface area contributed by atoms with Crippen LogP contribution in [0.4, 0.5) is 17.1 Å². The molecule has 0 bridgehead atoms. The molecule has 1 spiro atoms. The molecule has 9 aromatic rings. The lowest BCUT2D eigenvalue weighted by Crippen LogP contribution is -2.36. The number of hydrogen-bond acceptors (Lipinski definition) is 2. The third-order valence-electron chi connectivity index (χ3n) is 13.4. The van der Waals surface area contributed by atoms with E-state index in [4.69, 9.17) is 4.74 Å². The minimum Gasteiger partial charge on any atom is -0.457 e. The van der Waals surface area contributed by atoms with Crippen molar-refractivity contribution in [1.82, 2.24) is 0 Å². The van der Waals surface area contributed by atoms with E-state index in [1.165, 1.54) is 66.8 Å². The van der Waals surface area contributed by atoms with E-state index >= 15 is 0 Å². The Labute approximate surface area is 351 Å². The molecule has 9 aromatic carbocycles. The standard InChI is InChI=1S/C58H41NO/c1-57(2)48-24-11-8-23-46(48)47-36-35-41(37-52(47)57)59(40-33-31-39(32-34-40)38-17-4-3-5-18-38)53-28-16-30-55-56(53)58(51-27-14-15-29-54(51)60-55)49-25-12-9-21-44(49)42-19-6-7-20-43(42)45-22-10-13-26-50(45)58/h3-37H,1-2H3. The van der Waals surface area contributed by atoms with Gasteiger partial charge in [0.05, 0.1) is 11.1 Å². The van der Waals surface area contributed by atoms with Crippen molar-refractivity contribution in [3.63, 3.8) is 0 Å². The Hall–Kier alpha value is -7.42. The zero-order valence-electron chi connectivity index (χ0n) is 33.6. The van der Waals surface area contributed by atoms with Gasteiger partial charge in [0, 0.05) is 27.9 Å². The molecule has 2 nitrogen and oxygen atoms in total. The summed E-state index contributed by atoms with van der Waals surface area (Å²) in [6.45, 7) is 4.73. The normalized spacial score (nSPS) is 14.2. The molecule has 12 rings (SSSR count). The molecular weight excluding hydrogens is 727 g/mol. The topological polar surface area (TPSA) is 12.5 Å². The number of para-hydroxylation sites is 1. The smallest absolute Gasteiger partial charge is 0.134 e. The van der Waals surface area contributed by atoms with Crippen molar-refractivity contribution in [3.05, 3.63) is 246 Å². The van der Waals surface area contributed by atoms with Gasteiger partial charge in [-0.15, -0.1) is 0 Å². The molecule has 3 aliphatic rings. The molecule has 0 atom stereocenters. The number of hydrogen-bond donors (Lipinski definition) is 0. The summed E-state index contributed by atoms with van der Waals surface area (Å²) in [4.78, 5) is 2.48. The van der Waals surface area contributed by atoms with Crippen LogP contribution in [0.25, 0.3) is 44.5 Å². The molecular formula is C58H41NO.